The smallest absolute Gasteiger partial charge is 0.275 e. The van der Waals surface area contributed by atoms with Crippen LogP contribution in [0, 0.1) is 12.3 Å². The zero-order valence-electron chi connectivity index (χ0n) is 9.93. The van der Waals surface area contributed by atoms with Crippen molar-refractivity contribution in [3.63, 3.8) is 0 Å². The van der Waals surface area contributed by atoms with Crippen molar-refractivity contribution in [2.24, 2.45) is 0 Å². The lowest BCUT2D eigenvalue weighted by molar-refractivity contribution is 0.390. The van der Waals surface area contributed by atoms with Gasteiger partial charge in [0, 0.05) is 27.1 Å². The molecule has 0 spiro atoms. The number of rotatable bonds is 6. The molecule has 0 fully saturated rings. The number of nitrogens with zero attached hydrogens (tertiary/aromatic N) is 1. The molecule has 1 N–H and O–H groups in total. The van der Waals surface area contributed by atoms with Gasteiger partial charge in [-0.3, -0.25) is 0 Å². The Labute approximate surface area is 102 Å². The van der Waals surface area contributed by atoms with Crippen LogP contribution in [0.1, 0.15) is 12.2 Å². The molecule has 94 valence electrons. The molecule has 0 bridgehead atoms. The second kappa shape index (κ2) is 5.87. The van der Waals surface area contributed by atoms with Crippen LogP contribution in [-0.2, 0) is 16.6 Å². The third-order valence-electron chi connectivity index (χ3n) is 2.12. The number of furan rings is 1. The van der Waals surface area contributed by atoms with Crippen LogP contribution < -0.4 is 5.32 Å². The van der Waals surface area contributed by atoms with E-state index >= 15 is 0 Å². The van der Waals surface area contributed by atoms with Gasteiger partial charge in [0.25, 0.3) is 10.0 Å². The first-order valence-corrected chi connectivity index (χ1v) is 6.58. The highest BCUT2D eigenvalue weighted by Crippen LogP contribution is 2.16. The van der Waals surface area contributed by atoms with Crippen molar-refractivity contribution >= 4 is 10.0 Å². The highest BCUT2D eigenvalue weighted by atomic mass is 32.2. The van der Waals surface area contributed by atoms with Crippen LogP contribution in [0.4, 0.5) is 0 Å². The quantitative estimate of drug-likeness (QED) is 0.599. The minimum atomic E-state index is -3.48. The molecule has 0 aliphatic carbocycles. The van der Waals surface area contributed by atoms with E-state index in [1.807, 2.05) is 0 Å². The molecule has 17 heavy (non-hydrogen) atoms. The molecule has 5 nitrogen and oxygen atoms in total. The largest absolute Gasteiger partial charge is 0.447 e. The van der Waals surface area contributed by atoms with E-state index in [4.69, 9.17) is 10.8 Å². The van der Waals surface area contributed by atoms with Gasteiger partial charge in [-0.15, -0.1) is 12.3 Å². The summed E-state index contributed by atoms with van der Waals surface area (Å²) in [6.45, 7) is 1.14. The molecular weight excluding hydrogens is 240 g/mol. The summed E-state index contributed by atoms with van der Waals surface area (Å²) in [4.78, 5) is 0. The summed E-state index contributed by atoms with van der Waals surface area (Å²) in [6, 6.07) is 3.09. The molecule has 0 unspecified atom stereocenters. The Kier molecular flexibility index (Phi) is 4.75. The average molecular weight is 256 g/mol. The Morgan fingerprint density at radius 1 is 1.47 bits per heavy atom. The van der Waals surface area contributed by atoms with Gasteiger partial charge >= 0.3 is 0 Å². The van der Waals surface area contributed by atoms with Gasteiger partial charge < -0.3 is 9.73 Å². The molecule has 0 amide bonds. The highest BCUT2D eigenvalue weighted by Gasteiger charge is 2.21. The highest BCUT2D eigenvalue weighted by molar-refractivity contribution is 7.88. The number of terminal acetylenes is 1. The summed E-state index contributed by atoms with van der Waals surface area (Å²) in [7, 11) is -0.563. The lowest BCUT2D eigenvalue weighted by atomic mass is 10.4. The van der Waals surface area contributed by atoms with E-state index in [1.54, 1.807) is 6.07 Å². The van der Waals surface area contributed by atoms with Gasteiger partial charge in [-0.05, 0) is 12.1 Å². The molecule has 1 aromatic heterocycles. The minimum absolute atomic E-state index is 0.0451. The first kappa shape index (κ1) is 13.8. The van der Waals surface area contributed by atoms with Crippen molar-refractivity contribution in [2.45, 2.75) is 18.1 Å². The van der Waals surface area contributed by atoms with Crippen molar-refractivity contribution in [3.8, 4) is 12.3 Å². The summed E-state index contributed by atoms with van der Waals surface area (Å²) in [5, 5.41) is 3.01. The van der Waals surface area contributed by atoms with E-state index in [2.05, 4.69) is 11.2 Å². The minimum Gasteiger partial charge on any atom is -0.447 e. The summed E-state index contributed by atoms with van der Waals surface area (Å²) >= 11 is 0. The molecule has 0 saturated carbocycles. The predicted molar refractivity (Wildman–Crippen MR) is 64.7 cm³/mol. The average Bonchev–Trinajstić information content (AvgIpc) is 2.73. The van der Waals surface area contributed by atoms with Crippen LogP contribution in [0.3, 0.4) is 0 Å². The molecule has 1 aromatic rings. The zero-order valence-corrected chi connectivity index (χ0v) is 10.8. The maximum absolute atomic E-state index is 11.7. The molecule has 0 atom stereocenters. The number of sulfonamides is 1. The monoisotopic (exact) mass is 256 g/mol. The zero-order chi connectivity index (χ0) is 12.9. The maximum Gasteiger partial charge on any atom is 0.275 e. The molecule has 6 heteroatoms. The van der Waals surface area contributed by atoms with E-state index in [0.29, 0.717) is 25.3 Å². The van der Waals surface area contributed by atoms with E-state index < -0.39 is 10.0 Å². The first-order valence-electron chi connectivity index (χ1n) is 5.14. The van der Waals surface area contributed by atoms with E-state index in [-0.39, 0.29) is 5.09 Å². The van der Waals surface area contributed by atoms with Gasteiger partial charge in [-0.1, -0.05) is 0 Å². The molecule has 0 radical (unpaired) electrons. The van der Waals surface area contributed by atoms with Crippen LogP contribution in [-0.4, -0.2) is 33.4 Å². The third kappa shape index (κ3) is 3.60. The molecule has 0 aromatic carbocycles. The Balaban J connectivity index is 2.64. The lowest BCUT2D eigenvalue weighted by Crippen LogP contribution is -2.21. The fourth-order valence-corrected chi connectivity index (χ4v) is 1.96. The summed E-state index contributed by atoms with van der Waals surface area (Å²) in [5.74, 6) is 3.07. The topological polar surface area (TPSA) is 62.6 Å². The van der Waals surface area contributed by atoms with E-state index in [9.17, 15) is 8.42 Å². The molecule has 1 heterocycles. The first-order chi connectivity index (χ1) is 7.98. The summed E-state index contributed by atoms with van der Waals surface area (Å²) in [6.07, 6.45) is 5.73. The molecular formula is C11H16N2O3S. The van der Waals surface area contributed by atoms with Crippen LogP contribution in [0.25, 0.3) is 0 Å². The van der Waals surface area contributed by atoms with Crippen molar-refractivity contribution in [2.75, 3.05) is 20.6 Å². The normalized spacial score (nSPS) is 11.6. The standard InChI is InChI=1S/C11H16N2O3S/c1-4-5-8-12-9-10-6-7-11(16-10)17(14,15)13(2)3/h1,6-7,12H,5,8-9H2,2-3H3. The number of nitrogens with one attached hydrogen (secondary N) is 1. The fourth-order valence-electron chi connectivity index (χ4n) is 1.14. The second-order valence-electron chi connectivity index (χ2n) is 3.64. The fraction of sp³-hybridized carbons (Fsp3) is 0.455. The summed E-state index contributed by atoms with van der Waals surface area (Å²) < 4.78 is 29.8. The van der Waals surface area contributed by atoms with Crippen LogP contribution >= 0.6 is 0 Å². The Morgan fingerprint density at radius 3 is 2.76 bits per heavy atom. The Bertz CT molecular complexity index is 497. The van der Waals surface area contributed by atoms with Gasteiger partial charge in [0.2, 0.25) is 5.09 Å². The number of hydrogen-bond acceptors (Lipinski definition) is 4. The third-order valence-corrected chi connectivity index (χ3v) is 3.81. The molecule has 1 rings (SSSR count). The SMILES string of the molecule is C#CCCNCc1ccc(S(=O)(=O)N(C)C)o1. The van der Waals surface area contributed by atoms with Crippen LogP contribution in [0.5, 0.6) is 0 Å². The summed E-state index contributed by atoms with van der Waals surface area (Å²) in [5.41, 5.74) is 0. The Hall–Kier alpha value is -1.29. The number of hydrogen-bond donors (Lipinski definition) is 1. The Morgan fingerprint density at radius 2 is 2.18 bits per heavy atom. The van der Waals surface area contributed by atoms with Crippen LogP contribution in [0.2, 0.25) is 0 Å². The van der Waals surface area contributed by atoms with E-state index in [1.165, 1.54) is 20.2 Å². The molecule has 0 aliphatic rings. The van der Waals surface area contributed by atoms with E-state index in [0.717, 1.165) is 4.31 Å². The van der Waals surface area contributed by atoms with Crippen LogP contribution in [0.15, 0.2) is 21.6 Å². The van der Waals surface area contributed by atoms with Gasteiger partial charge in [0.1, 0.15) is 5.76 Å². The van der Waals surface area contributed by atoms with Crippen molar-refractivity contribution < 1.29 is 12.8 Å². The van der Waals surface area contributed by atoms with Crippen molar-refractivity contribution in [1.29, 1.82) is 0 Å². The molecule has 0 saturated heterocycles. The lowest BCUT2D eigenvalue weighted by Gasteiger charge is -2.07. The molecule has 0 aliphatic heterocycles. The second-order valence-corrected chi connectivity index (χ2v) is 5.72. The van der Waals surface area contributed by atoms with Crippen molar-refractivity contribution in [3.05, 3.63) is 17.9 Å². The van der Waals surface area contributed by atoms with Gasteiger partial charge in [0.05, 0.1) is 6.54 Å². The van der Waals surface area contributed by atoms with Crippen molar-refractivity contribution in [1.82, 2.24) is 9.62 Å². The van der Waals surface area contributed by atoms with Gasteiger partial charge in [-0.25, -0.2) is 12.7 Å². The maximum atomic E-state index is 11.7. The predicted octanol–water partition coefficient (Wildman–Crippen LogP) is 0.643. The van der Waals surface area contributed by atoms with Gasteiger partial charge in [0.15, 0.2) is 0 Å². The van der Waals surface area contributed by atoms with Gasteiger partial charge in [-0.2, -0.15) is 0 Å².